The minimum absolute atomic E-state index is 0.0347. The molecule has 24 heavy (non-hydrogen) atoms. The molecule has 2 heterocycles. The highest BCUT2D eigenvalue weighted by atomic mass is 32.2. The molecule has 1 saturated heterocycles. The van der Waals surface area contributed by atoms with Crippen LogP contribution in [-0.4, -0.2) is 48.7 Å². The van der Waals surface area contributed by atoms with E-state index < -0.39 is 21.6 Å². The maximum atomic E-state index is 12.1. The van der Waals surface area contributed by atoms with Crippen LogP contribution in [0.15, 0.2) is 24.3 Å². The Kier molecular flexibility index (Phi) is 4.68. The van der Waals surface area contributed by atoms with Crippen LogP contribution < -0.4 is 0 Å². The number of carbonyl (C=O) groups is 1. The van der Waals surface area contributed by atoms with Crippen molar-refractivity contribution >= 4 is 16.0 Å². The van der Waals surface area contributed by atoms with Crippen LogP contribution in [0.2, 0.25) is 0 Å². The second-order valence-corrected chi connectivity index (χ2v) is 8.75. The minimum Gasteiger partial charge on any atom is -0.481 e. The molecule has 2 aliphatic heterocycles. The number of hydrogen-bond donors (Lipinski definition) is 1. The number of ether oxygens (including phenoxy) is 1. The fourth-order valence-electron chi connectivity index (χ4n) is 3.82. The van der Waals surface area contributed by atoms with E-state index in [2.05, 4.69) is 0 Å². The quantitative estimate of drug-likeness (QED) is 0.891. The summed E-state index contributed by atoms with van der Waals surface area (Å²) in [4.78, 5) is 11.1. The highest BCUT2D eigenvalue weighted by Crippen LogP contribution is 2.44. The largest absolute Gasteiger partial charge is 0.481 e. The van der Waals surface area contributed by atoms with E-state index in [1.807, 2.05) is 24.3 Å². The predicted octanol–water partition coefficient (Wildman–Crippen LogP) is 1.74. The van der Waals surface area contributed by atoms with E-state index in [-0.39, 0.29) is 18.3 Å². The number of fused-ring (bicyclic) bond motifs is 2. The predicted molar refractivity (Wildman–Crippen MR) is 89.2 cm³/mol. The first-order valence-electron chi connectivity index (χ1n) is 8.32. The molecule has 2 aliphatic rings. The highest BCUT2D eigenvalue weighted by Gasteiger charge is 2.45. The van der Waals surface area contributed by atoms with Crippen molar-refractivity contribution in [2.24, 2.45) is 0 Å². The second kappa shape index (κ2) is 6.46. The third-order valence-corrected chi connectivity index (χ3v) is 6.92. The Labute approximate surface area is 142 Å². The van der Waals surface area contributed by atoms with Gasteiger partial charge in [0, 0.05) is 13.1 Å². The first-order chi connectivity index (χ1) is 11.4. The smallest absolute Gasteiger partial charge is 0.305 e. The number of hydrogen-bond acceptors (Lipinski definition) is 4. The normalized spacial score (nSPS) is 23.8. The summed E-state index contributed by atoms with van der Waals surface area (Å²) in [6.07, 6.45) is 1.29. The molecule has 0 bridgehead atoms. The molecule has 1 aromatic carbocycles. The SMILES string of the molecule is CCS(=O)(=O)N1CCC2(CC1)OC(CC(=O)O)Cc1ccccc12. The summed E-state index contributed by atoms with van der Waals surface area (Å²) >= 11 is 0. The maximum Gasteiger partial charge on any atom is 0.305 e. The molecule has 1 spiro atoms. The number of nitrogens with zero attached hydrogens (tertiary/aromatic N) is 1. The summed E-state index contributed by atoms with van der Waals surface area (Å²) in [5.41, 5.74) is 1.62. The lowest BCUT2D eigenvalue weighted by Crippen LogP contribution is -2.50. The van der Waals surface area contributed by atoms with Crippen LogP contribution in [0.1, 0.15) is 37.3 Å². The van der Waals surface area contributed by atoms with Gasteiger partial charge >= 0.3 is 5.97 Å². The van der Waals surface area contributed by atoms with Crippen LogP contribution >= 0.6 is 0 Å². The molecule has 3 rings (SSSR count). The summed E-state index contributed by atoms with van der Waals surface area (Å²) in [6.45, 7) is 2.46. The van der Waals surface area contributed by atoms with Crippen LogP contribution in [-0.2, 0) is 31.6 Å². The van der Waals surface area contributed by atoms with Gasteiger partial charge in [0.1, 0.15) is 0 Å². The number of aliphatic carboxylic acids is 1. The van der Waals surface area contributed by atoms with Crippen molar-refractivity contribution < 1.29 is 23.1 Å². The molecule has 7 heteroatoms. The molecule has 0 aliphatic carbocycles. The summed E-state index contributed by atoms with van der Waals surface area (Å²) in [5.74, 6) is -0.778. The van der Waals surface area contributed by atoms with Gasteiger partial charge in [-0.1, -0.05) is 24.3 Å². The molecule has 132 valence electrons. The zero-order valence-electron chi connectivity index (χ0n) is 13.8. The molecule has 1 unspecified atom stereocenters. The zero-order valence-corrected chi connectivity index (χ0v) is 14.6. The lowest BCUT2D eigenvalue weighted by molar-refractivity contribution is -0.156. The topological polar surface area (TPSA) is 83.9 Å². The Morgan fingerprint density at radius 2 is 2.00 bits per heavy atom. The van der Waals surface area contributed by atoms with Crippen LogP contribution in [0.4, 0.5) is 0 Å². The van der Waals surface area contributed by atoms with Gasteiger partial charge in [-0.15, -0.1) is 0 Å². The Hall–Kier alpha value is -1.44. The van der Waals surface area contributed by atoms with E-state index >= 15 is 0 Å². The van der Waals surface area contributed by atoms with E-state index in [1.54, 1.807) is 6.92 Å². The van der Waals surface area contributed by atoms with Crippen LogP contribution in [0.25, 0.3) is 0 Å². The number of rotatable bonds is 4. The van der Waals surface area contributed by atoms with Crippen molar-refractivity contribution in [2.75, 3.05) is 18.8 Å². The average Bonchev–Trinajstić information content (AvgIpc) is 2.55. The molecular formula is C17H23NO5S. The Morgan fingerprint density at radius 3 is 2.62 bits per heavy atom. The van der Waals surface area contributed by atoms with E-state index in [0.717, 1.165) is 11.1 Å². The molecule has 0 radical (unpaired) electrons. The minimum atomic E-state index is -3.20. The molecule has 1 aromatic rings. The van der Waals surface area contributed by atoms with E-state index in [9.17, 15) is 13.2 Å². The van der Waals surface area contributed by atoms with Gasteiger partial charge in [-0.3, -0.25) is 4.79 Å². The van der Waals surface area contributed by atoms with E-state index in [4.69, 9.17) is 9.84 Å². The van der Waals surface area contributed by atoms with E-state index in [1.165, 1.54) is 4.31 Å². The number of piperidine rings is 1. The van der Waals surface area contributed by atoms with Crippen LogP contribution in [0.5, 0.6) is 0 Å². The van der Waals surface area contributed by atoms with Crippen molar-refractivity contribution in [2.45, 2.75) is 44.3 Å². The maximum absolute atomic E-state index is 12.1. The fraction of sp³-hybridized carbons (Fsp3) is 0.588. The second-order valence-electron chi connectivity index (χ2n) is 6.49. The van der Waals surface area contributed by atoms with Gasteiger partial charge in [0.25, 0.3) is 0 Å². The Morgan fingerprint density at radius 1 is 1.33 bits per heavy atom. The van der Waals surface area contributed by atoms with Gasteiger partial charge < -0.3 is 9.84 Å². The molecule has 1 N–H and O–H groups in total. The van der Waals surface area contributed by atoms with Crippen molar-refractivity contribution in [3.05, 3.63) is 35.4 Å². The third-order valence-electron chi connectivity index (χ3n) is 5.04. The molecule has 0 aromatic heterocycles. The molecule has 6 nitrogen and oxygen atoms in total. The van der Waals surface area contributed by atoms with Crippen molar-refractivity contribution in [1.29, 1.82) is 0 Å². The van der Waals surface area contributed by atoms with Crippen LogP contribution in [0.3, 0.4) is 0 Å². The van der Waals surface area contributed by atoms with Crippen LogP contribution in [0, 0.1) is 0 Å². The Bertz CT molecular complexity index is 722. The highest BCUT2D eigenvalue weighted by molar-refractivity contribution is 7.89. The number of benzene rings is 1. The molecule has 1 atom stereocenters. The third kappa shape index (κ3) is 3.20. The standard InChI is InChI=1S/C17H23NO5S/c1-2-24(21,22)18-9-7-17(8-10-18)15-6-4-3-5-13(15)11-14(23-17)12-16(19)20/h3-6,14H,2,7-12H2,1H3,(H,19,20). The van der Waals surface area contributed by atoms with Crippen molar-refractivity contribution in [1.82, 2.24) is 4.31 Å². The number of carboxylic acid groups (broad SMARTS) is 1. The van der Waals surface area contributed by atoms with Gasteiger partial charge in [0.2, 0.25) is 10.0 Å². The van der Waals surface area contributed by atoms with Gasteiger partial charge in [-0.2, -0.15) is 0 Å². The van der Waals surface area contributed by atoms with Gasteiger partial charge in [0.05, 0.1) is 23.9 Å². The summed E-state index contributed by atoms with van der Waals surface area (Å²) in [6, 6.07) is 7.95. The monoisotopic (exact) mass is 353 g/mol. The lowest BCUT2D eigenvalue weighted by Gasteiger charge is -2.47. The lowest BCUT2D eigenvalue weighted by atomic mass is 9.78. The van der Waals surface area contributed by atoms with Crippen molar-refractivity contribution in [3.8, 4) is 0 Å². The van der Waals surface area contributed by atoms with Gasteiger partial charge in [-0.25, -0.2) is 12.7 Å². The van der Waals surface area contributed by atoms with E-state index in [0.29, 0.717) is 32.4 Å². The molecule has 0 saturated carbocycles. The summed E-state index contributed by atoms with van der Waals surface area (Å²) < 4.78 is 31.9. The zero-order chi connectivity index (χ0) is 17.4. The number of carboxylic acids is 1. The van der Waals surface area contributed by atoms with Gasteiger partial charge in [-0.05, 0) is 37.3 Å². The molecular weight excluding hydrogens is 330 g/mol. The van der Waals surface area contributed by atoms with Crippen molar-refractivity contribution in [3.63, 3.8) is 0 Å². The molecule has 0 amide bonds. The Balaban J connectivity index is 1.88. The summed E-state index contributed by atoms with van der Waals surface area (Å²) in [5, 5.41) is 9.11. The average molecular weight is 353 g/mol. The fourth-order valence-corrected chi connectivity index (χ4v) is 4.92. The number of sulfonamides is 1. The molecule has 1 fully saturated rings. The first kappa shape index (κ1) is 17.4. The summed E-state index contributed by atoms with van der Waals surface area (Å²) in [7, 11) is -3.20. The first-order valence-corrected chi connectivity index (χ1v) is 9.93. The van der Waals surface area contributed by atoms with Gasteiger partial charge in [0.15, 0.2) is 0 Å².